The van der Waals surface area contributed by atoms with Crippen LogP contribution in [0.2, 0.25) is 0 Å². The van der Waals surface area contributed by atoms with Gasteiger partial charge in [0, 0.05) is 29.2 Å². The minimum absolute atomic E-state index is 0.0142. The van der Waals surface area contributed by atoms with Crippen molar-refractivity contribution in [1.82, 2.24) is 9.55 Å². The molecule has 2 N–H and O–H groups in total. The maximum atomic E-state index is 13.4. The van der Waals surface area contributed by atoms with Gasteiger partial charge < -0.3 is 14.8 Å². The smallest absolute Gasteiger partial charge is 0.209 e. The molecule has 2 aliphatic rings. The Balaban J connectivity index is 1.58. The molecule has 0 spiro atoms. The minimum atomic E-state index is -0.435. The lowest BCUT2D eigenvalue weighted by molar-refractivity contribution is -0.116. The highest BCUT2D eigenvalue weighted by Crippen LogP contribution is 2.47. The first-order chi connectivity index (χ1) is 14.7. The Hall–Kier alpha value is -3.80. The predicted octanol–water partition coefficient (Wildman–Crippen LogP) is 4.75. The third kappa shape index (κ3) is 2.43. The molecule has 6 rings (SSSR count). The summed E-state index contributed by atoms with van der Waals surface area (Å²) < 4.78 is 7.61. The lowest BCUT2D eigenvalue weighted by Gasteiger charge is -2.36. The van der Waals surface area contributed by atoms with Gasteiger partial charge in [0.05, 0.1) is 23.3 Å². The molecule has 2 atom stereocenters. The summed E-state index contributed by atoms with van der Waals surface area (Å²) in [5.74, 6) is 1.70. The number of carbonyl (C=O) groups is 1. The number of phenolic OH excluding ortho intramolecular Hbond substituents is 1. The lowest BCUT2D eigenvalue weighted by Crippen LogP contribution is -2.33. The van der Waals surface area contributed by atoms with E-state index in [1.54, 1.807) is 18.4 Å². The molecule has 6 heteroatoms. The van der Waals surface area contributed by atoms with Gasteiger partial charge in [-0.3, -0.25) is 9.36 Å². The molecule has 30 heavy (non-hydrogen) atoms. The van der Waals surface area contributed by atoms with E-state index in [2.05, 4.69) is 5.32 Å². The number of benzene rings is 2. The molecule has 0 bridgehead atoms. The maximum absolute atomic E-state index is 13.4. The number of aromatic hydroxyl groups is 1. The third-order valence-corrected chi connectivity index (χ3v) is 6.07. The second kappa shape index (κ2) is 6.35. The molecule has 0 fully saturated rings. The fraction of sp³-hybridized carbons (Fsp3) is 0.167. The Morgan fingerprint density at radius 1 is 1.03 bits per heavy atom. The average Bonchev–Trinajstić information content (AvgIpc) is 3.40. The first-order valence-electron chi connectivity index (χ1n) is 10.0. The number of hydrogen-bond donors (Lipinski definition) is 2. The number of furan rings is 1. The van der Waals surface area contributed by atoms with Crippen LogP contribution in [0.15, 0.2) is 82.6 Å². The van der Waals surface area contributed by atoms with Crippen LogP contribution in [0, 0.1) is 0 Å². The van der Waals surface area contributed by atoms with E-state index < -0.39 is 6.04 Å². The van der Waals surface area contributed by atoms with Crippen LogP contribution in [0.4, 0.5) is 5.95 Å². The van der Waals surface area contributed by atoms with E-state index >= 15 is 0 Å². The van der Waals surface area contributed by atoms with Crippen LogP contribution in [-0.4, -0.2) is 20.4 Å². The summed E-state index contributed by atoms with van der Waals surface area (Å²) in [6.07, 6.45) is 2.67. The van der Waals surface area contributed by atoms with Gasteiger partial charge in [-0.15, -0.1) is 0 Å². The van der Waals surface area contributed by atoms with Gasteiger partial charge in [-0.25, -0.2) is 4.98 Å². The SMILES string of the molecule is O=C1C[C@@H](c2ccco2)CC2=C1[C@H](c1ccccc1O)n1c(nc3ccccc31)N2. The maximum Gasteiger partial charge on any atom is 0.209 e. The number of phenols is 1. The summed E-state index contributed by atoms with van der Waals surface area (Å²) in [7, 11) is 0. The van der Waals surface area contributed by atoms with Crippen LogP contribution < -0.4 is 5.32 Å². The Morgan fingerprint density at radius 2 is 1.87 bits per heavy atom. The minimum Gasteiger partial charge on any atom is -0.508 e. The molecule has 0 radical (unpaired) electrons. The highest BCUT2D eigenvalue weighted by Gasteiger charge is 2.40. The van der Waals surface area contributed by atoms with Crippen LogP contribution >= 0.6 is 0 Å². The molecular formula is C24H19N3O3. The zero-order valence-corrected chi connectivity index (χ0v) is 16.1. The van der Waals surface area contributed by atoms with Crippen LogP contribution in [0.1, 0.15) is 36.1 Å². The number of rotatable bonds is 2. The number of allylic oxidation sites excluding steroid dienone is 2. The average molecular weight is 397 g/mol. The Labute approximate surface area is 172 Å². The molecule has 0 saturated carbocycles. The number of hydrogen-bond acceptors (Lipinski definition) is 5. The molecule has 2 aromatic heterocycles. The number of carbonyl (C=O) groups excluding carboxylic acids is 1. The number of imidazole rings is 1. The molecule has 1 aliphatic carbocycles. The number of nitrogens with zero attached hydrogens (tertiary/aromatic N) is 2. The lowest BCUT2D eigenvalue weighted by atomic mass is 9.79. The number of fused-ring (bicyclic) bond motifs is 3. The summed E-state index contributed by atoms with van der Waals surface area (Å²) in [5, 5.41) is 14.1. The van der Waals surface area contributed by atoms with Gasteiger partial charge in [-0.2, -0.15) is 0 Å². The van der Waals surface area contributed by atoms with Crippen LogP contribution in [0.5, 0.6) is 5.75 Å². The van der Waals surface area contributed by atoms with E-state index in [9.17, 15) is 9.90 Å². The van der Waals surface area contributed by atoms with Crippen molar-refractivity contribution in [2.75, 3.05) is 5.32 Å². The van der Waals surface area contributed by atoms with E-state index in [-0.39, 0.29) is 17.5 Å². The molecule has 148 valence electrons. The van der Waals surface area contributed by atoms with Crippen molar-refractivity contribution in [3.63, 3.8) is 0 Å². The van der Waals surface area contributed by atoms with E-state index in [0.29, 0.717) is 29.9 Å². The molecule has 3 heterocycles. The fourth-order valence-corrected chi connectivity index (χ4v) is 4.76. The van der Waals surface area contributed by atoms with Gasteiger partial charge in [0.1, 0.15) is 11.5 Å². The molecule has 6 nitrogen and oxygen atoms in total. The van der Waals surface area contributed by atoms with Gasteiger partial charge in [0.15, 0.2) is 5.78 Å². The first kappa shape index (κ1) is 17.1. The van der Waals surface area contributed by atoms with Gasteiger partial charge >= 0.3 is 0 Å². The zero-order valence-electron chi connectivity index (χ0n) is 16.1. The molecule has 0 unspecified atom stereocenters. The number of Topliss-reactive ketones (excluding diaryl/α,β-unsaturated/α-hetero) is 1. The predicted molar refractivity (Wildman–Crippen MR) is 112 cm³/mol. The number of aromatic nitrogens is 2. The van der Waals surface area contributed by atoms with E-state index in [4.69, 9.17) is 9.40 Å². The summed E-state index contributed by atoms with van der Waals surface area (Å²) in [6, 6.07) is 18.4. The molecule has 4 aromatic rings. The van der Waals surface area contributed by atoms with Crippen molar-refractivity contribution in [2.24, 2.45) is 0 Å². The molecule has 0 amide bonds. The summed E-state index contributed by atoms with van der Waals surface area (Å²) in [5.41, 5.74) is 4.00. The zero-order chi connectivity index (χ0) is 20.2. The Bertz CT molecular complexity index is 1320. The van der Waals surface area contributed by atoms with Crippen molar-refractivity contribution in [3.8, 4) is 5.75 Å². The largest absolute Gasteiger partial charge is 0.508 e. The van der Waals surface area contributed by atoms with Gasteiger partial charge in [0.25, 0.3) is 0 Å². The topological polar surface area (TPSA) is 80.3 Å². The van der Waals surface area contributed by atoms with Crippen molar-refractivity contribution >= 4 is 22.8 Å². The quantitative estimate of drug-likeness (QED) is 0.510. The summed E-state index contributed by atoms with van der Waals surface area (Å²) in [6.45, 7) is 0. The van der Waals surface area contributed by atoms with Crippen molar-refractivity contribution in [3.05, 3.63) is 89.5 Å². The molecule has 0 saturated heterocycles. The van der Waals surface area contributed by atoms with E-state index in [1.807, 2.05) is 53.1 Å². The van der Waals surface area contributed by atoms with Crippen LogP contribution in [-0.2, 0) is 4.79 Å². The molecule has 2 aromatic carbocycles. The number of anilines is 1. The van der Waals surface area contributed by atoms with Crippen molar-refractivity contribution in [1.29, 1.82) is 0 Å². The standard InChI is InChI=1S/C24H19N3O3/c28-19-9-4-1-6-15(19)23-22-17(12-14(13-20(22)29)21-10-5-11-30-21)26-24-25-16-7-2-3-8-18(16)27(23)24/h1-11,14,23,28H,12-13H2,(H,25,26)/t14-,23-/m0/s1. The van der Waals surface area contributed by atoms with Gasteiger partial charge in [-0.1, -0.05) is 30.3 Å². The highest BCUT2D eigenvalue weighted by atomic mass is 16.3. The number of para-hydroxylation sites is 3. The van der Waals surface area contributed by atoms with Gasteiger partial charge in [0.2, 0.25) is 5.95 Å². The monoisotopic (exact) mass is 397 g/mol. The summed E-state index contributed by atoms with van der Waals surface area (Å²) in [4.78, 5) is 18.2. The van der Waals surface area contributed by atoms with Crippen molar-refractivity contribution < 1.29 is 14.3 Å². The first-order valence-corrected chi connectivity index (χ1v) is 10.0. The van der Waals surface area contributed by atoms with Gasteiger partial charge in [-0.05, 0) is 36.8 Å². The third-order valence-electron chi connectivity index (χ3n) is 6.07. The Morgan fingerprint density at radius 3 is 2.70 bits per heavy atom. The highest BCUT2D eigenvalue weighted by molar-refractivity contribution is 6.01. The van der Waals surface area contributed by atoms with Crippen LogP contribution in [0.25, 0.3) is 11.0 Å². The molecular weight excluding hydrogens is 378 g/mol. The number of ketones is 1. The fourth-order valence-electron chi connectivity index (χ4n) is 4.76. The van der Waals surface area contributed by atoms with Crippen LogP contribution in [0.3, 0.4) is 0 Å². The second-order valence-corrected chi connectivity index (χ2v) is 7.82. The van der Waals surface area contributed by atoms with E-state index in [0.717, 1.165) is 22.5 Å². The summed E-state index contributed by atoms with van der Waals surface area (Å²) >= 11 is 0. The van der Waals surface area contributed by atoms with Crippen molar-refractivity contribution in [2.45, 2.75) is 24.8 Å². The second-order valence-electron chi connectivity index (χ2n) is 7.82. The molecule has 1 aliphatic heterocycles. The Kier molecular flexibility index (Phi) is 3.62. The number of nitrogens with one attached hydrogen (secondary N) is 1. The normalized spacial score (nSPS) is 20.7. The van der Waals surface area contributed by atoms with E-state index in [1.165, 1.54) is 0 Å².